The van der Waals surface area contributed by atoms with E-state index in [0.29, 0.717) is 11.9 Å². The Balaban J connectivity index is 0.00000320. The Morgan fingerprint density at radius 2 is 1.87 bits per heavy atom. The van der Waals surface area contributed by atoms with E-state index < -0.39 is 0 Å². The third kappa shape index (κ3) is 7.03. The molecule has 168 valence electrons. The number of likely N-dealkylation sites (tertiary alicyclic amines) is 1. The lowest BCUT2D eigenvalue weighted by Crippen LogP contribution is -2.45. The highest BCUT2D eigenvalue weighted by Gasteiger charge is 2.32. The van der Waals surface area contributed by atoms with Gasteiger partial charge in [0.1, 0.15) is 0 Å². The largest absolute Gasteiger partial charge is 0.378 e. The number of benzene rings is 1. The molecule has 1 heterocycles. The number of amides is 1. The molecule has 2 fully saturated rings. The summed E-state index contributed by atoms with van der Waals surface area (Å²) < 4.78 is 0. The number of carbonyl (C=O) groups is 1. The van der Waals surface area contributed by atoms with Gasteiger partial charge < -0.3 is 20.4 Å². The summed E-state index contributed by atoms with van der Waals surface area (Å²) >= 11 is 0. The van der Waals surface area contributed by atoms with E-state index in [0.717, 1.165) is 57.7 Å². The monoisotopic (exact) mass is 527 g/mol. The maximum Gasteiger partial charge on any atom is 0.225 e. The van der Waals surface area contributed by atoms with Crippen LogP contribution in [0.3, 0.4) is 0 Å². The minimum absolute atomic E-state index is 0. The van der Waals surface area contributed by atoms with Gasteiger partial charge in [-0.1, -0.05) is 25.0 Å². The molecule has 1 amide bonds. The molecule has 1 aliphatic heterocycles. The van der Waals surface area contributed by atoms with Gasteiger partial charge in [-0.3, -0.25) is 9.79 Å². The number of hydrogen-bond acceptors (Lipinski definition) is 3. The van der Waals surface area contributed by atoms with Crippen molar-refractivity contribution in [3.63, 3.8) is 0 Å². The molecule has 7 heteroatoms. The van der Waals surface area contributed by atoms with Crippen molar-refractivity contribution in [2.75, 3.05) is 45.7 Å². The zero-order valence-electron chi connectivity index (χ0n) is 18.7. The van der Waals surface area contributed by atoms with Gasteiger partial charge in [0.15, 0.2) is 5.96 Å². The van der Waals surface area contributed by atoms with Crippen molar-refractivity contribution >= 4 is 41.5 Å². The number of nitrogens with zero attached hydrogens (tertiary/aromatic N) is 3. The Kier molecular flexibility index (Phi) is 10.2. The van der Waals surface area contributed by atoms with Crippen molar-refractivity contribution in [3.8, 4) is 0 Å². The summed E-state index contributed by atoms with van der Waals surface area (Å²) in [5.41, 5.74) is 2.59. The van der Waals surface area contributed by atoms with Crippen molar-refractivity contribution in [2.45, 2.75) is 51.0 Å². The minimum Gasteiger partial charge on any atom is -0.378 e. The number of guanidine groups is 1. The Labute approximate surface area is 198 Å². The molecular weight excluding hydrogens is 489 g/mol. The average Bonchev–Trinajstić information content (AvgIpc) is 3.42. The summed E-state index contributed by atoms with van der Waals surface area (Å²) in [6.07, 6.45) is 7.68. The molecule has 2 aliphatic rings. The second kappa shape index (κ2) is 12.4. The molecular formula is C23H38IN5O. The van der Waals surface area contributed by atoms with Crippen molar-refractivity contribution in [1.29, 1.82) is 0 Å². The number of hydrogen-bond donors (Lipinski definition) is 2. The summed E-state index contributed by atoms with van der Waals surface area (Å²) in [5.74, 6) is 1.49. The molecule has 0 aromatic heterocycles. The summed E-state index contributed by atoms with van der Waals surface area (Å²) in [4.78, 5) is 21.1. The maximum atomic E-state index is 12.6. The normalized spacial score (nSPS) is 19.5. The zero-order valence-corrected chi connectivity index (χ0v) is 21.0. The fourth-order valence-corrected chi connectivity index (χ4v) is 4.36. The molecule has 6 nitrogen and oxygen atoms in total. The first-order valence-corrected chi connectivity index (χ1v) is 11.1. The summed E-state index contributed by atoms with van der Waals surface area (Å²) in [7, 11) is 5.93. The van der Waals surface area contributed by atoms with Crippen molar-refractivity contribution in [1.82, 2.24) is 15.5 Å². The van der Waals surface area contributed by atoms with Gasteiger partial charge in [-0.15, -0.1) is 24.0 Å². The molecule has 1 atom stereocenters. The highest BCUT2D eigenvalue weighted by molar-refractivity contribution is 14.0. The van der Waals surface area contributed by atoms with Crippen molar-refractivity contribution in [2.24, 2.45) is 10.9 Å². The minimum atomic E-state index is 0. The Morgan fingerprint density at radius 1 is 1.17 bits per heavy atom. The molecule has 1 saturated carbocycles. The lowest BCUT2D eigenvalue weighted by molar-refractivity contribution is -0.134. The van der Waals surface area contributed by atoms with Crippen LogP contribution in [0.2, 0.25) is 0 Å². The van der Waals surface area contributed by atoms with Gasteiger partial charge in [0, 0.05) is 58.4 Å². The van der Waals surface area contributed by atoms with Crippen LogP contribution >= 0.6 is 24.0 Å². The number of carbonyl (C=O) groups excluding carboxylic acids is 1. The molecule has 0 bridgehead atoms. The predicted molar refractivity (Wildman–Crippen MR) is 136 cm³/mol. The Hall–Kier alpha value is -1.51. The molecule has 1 aliphatic carbocycles. The van der Waals surface area contributed by atoms with Crippen LogP contribution in [0.15, 0.2) is 29.3 Å². The molecule has 1 saturated heterocycles. The third-order valence-electron chi connectivity index (χ3n) is 6.16. The smallest absolute Gasteiger partial charge is 0.225 e. The van der Waals surface area contributed by atoms with E-state index in [1.54, 1.807) is 0 Å². The van der Waals surface area contributed by atoms with Crippen LogP contribution in [-0.4, -0.2) is 63.6 Å². The van der Waals surface area contributed by atoms with E-state index in [2.05, 4.69) is 63.8 Å². The van der Waals surface area contributed by atoms with E-state index in [4.69, 9.17) is 0 Å². The molecule has 2 N–H and O–H groups in total. The standard InChI is InChI=1S/C23H37N5O.HI/c1-24-23(25-15-6-7-18-10-12-21(13-11-18)27(2)3)26-20-14-16-28(17-20)22(29)19-8-4-5-9-19;/h10-13,19-20H,4-9,14-17H2,1-3H3,(H2,24,25,26);1H. The van der Waals surface area contributed by atoms with E-state index in [1.165, 1.54) is 24.1 Å². The second-order valence-corrected chi connectivity index (χ2v) is 8.56. The topological polar surface area (TPSA) is 60.0 Å². The summed E-state index contributed by atoms with van der Waals surface area (Å²) in [6, 6.07) is 9.04. The number of anilines is 1. The van der Waals surface area contributed by atoms with Gasteiger partial charge in [0.2, 0.25) is 5.91 Å². The molecule has 1 unspecified atom stereocenters. The molecule has 0 radical (unpaired) electrons. The van der Waals surface area contributed by atoms with Crippen LogP contribution in [0.4, 0.5) is 5.69 Å². The quantitative estimate of drug-likeness (QED) is 0.248. The fourth-order valence-electron chi connectivity index (χ4n) is 4.36. The Morgan fingerprint density at radius 3 is 2.50 bits per heavy atom. The van der Waals surface area contributed by atoms with Gasteiger partial charge in [0.25, 0.3) is 0 Å². The number of nitrogens with one attached hydrogen (secondary N) is 2. The first-order chi connectivity index (χ1) is 14.1. The van der Waals surface area contributed by atoms with Crippen LogP contribution in [0.25, 0.3) is 0 Å². The van der Waals surface area contributed by atoms with Crippen molar-refractivity contribution in [3.05, 3.63) is 29.8 Å². The first-order valence-electron chi connectivity index (χ1n) is 11.1. The van der Waals surface area contributed by atoms with Gasteiger partial charge >= 0.3 is 0 Å². The summed E-state index contributed by atoms with van der Waals surface area (Å²) in [6.45, 7) is 2.55. The van der Waals surface area contributed by atoms with Crippen LogP contribution in [0.5, 0.6) is 0 Å². The van der Waals surface area contributed by atoms with Crippen molar-refractivity contribution < 1.29 is 4.79 Å². The highest BCUT2D eigenvalue weighted by Crippen LogP contribution is 2.27. The second-order valence-electron chi connectivity index (χ2n) is 8.56. The molecule has 1 aromatic rings. The molecule has 3 rings (SSSR count). The van der Waals surface area contributed by atoms with Gasteiger partial charge in [0.05, 0.1) is 0 Å². The molecule has 30 heavy (non-hydrogen) atoms. The summed E-state index contributed by atoms with van der Waals surface area (Å²) in [5, 5.41) is 6.92. The molecule has 0 spiro atoms. The number of halogens is 1. The van der Waals surface area contributed by atoms with E-state index in [1.807, 2.05) is 7.05 Å². The number of aliphatic imine (C=N–C) groups is 1. The van der Waals surface area contributed by atoms with Gasteiger partial charge in [-0.25, -0.2) is 0 Å². The highest BCUT2D eigenvalue weighted by atomic mass is 127. The number of aryl methyl sites for hydroxylation is 1. The van der Waals surface area contributed by atoms with Gasteiger partial charge in [-0.05, 0) is 49.8 Å². The van der Waals surface area contributed by atoms with Crippen LogP contribution in [0.1, 0.15) is 44.1 Å². The lowest BCUT2D eigenvalue weighted by Gasteiger charge is -2.21. The first kappa shape index (κ1) is 24.8. The lowest BCUT2D eigenvalue weighted by atomic mass is 10.1. The van der Waals surface area contributed by atoms with Crippen LogP contribution in [0, 0.1) is 5.92 Å². The zero-order chi connectivity index (χ0) is 20.6. The third-order valence-corrected chi connectivity index (χ3v) is 6.16. The number of rotatable bonds is 7. The Bertz CT molecular complexity index is 685. The van der Waals surface area contributed by atoms with E-state index in [-0.39, 0.29) is 29.9 Å². The maximum absolute atomic E-state index is 12.6. The van der Waals surface area contributed by atoms with Gasteiger partial charge in [-0.2, -0.15) is 0 Å². The fraction of sp³-hybridized carbons (Fsp3) is 0.652. The van der Waals surface area contributed by atoms with Crippen LogP contribution in [-0.2, 0) is 11.2 Å². The predicted octanol–water partition coefficient (Wildman–Crippen LogP) is 3.26. The van der Waals surface area contributed by atoms with Crippen LogP contribution < -0.4 is 15.5 Å². The molecule has 1 aromatic carbocycles. The van der Waals surface area contributed by atoms with E-state index in [9.17, 15) is 4.79 Å². The van der Waals surface area contributed by atoms with E-state index >= 15 is 0 Å². The average molecular weight is 527 g/mol. The SMILES string of the molecule is CN=C(NCCCc1ccc(N(C)C)cc1)NC1CCN(C(=O)C2CCCC2)C1.I.